The van der Waals surface area contributed by atoms with Crippen LogP contribution in [0.1, 0.15) is 26.2 Å². The Hall–Kier alpha value is -1.10. The van der Waals surface area contributed by atoms with Gasteiger partial charge in [0.15, 0.2) is 0 Å². The zero-order valence-electron chi connectivity index (χ0n) is 9.91. The van der Waals surface area contributed by atoms with Crippen LogP contribution in [0.5, 0.6) is 0 Å². The molecule has 0 saturated carbocycles. The number of methoxy groups -OCH3 is 1. The van der Waals surface area contributed by atoms with E-state index in [2.05, 4.69) is 15.4 Å². The molecule has 0 aliphatic carbocycles. The Balaban J connectivity index is 2.26. The summed E-state index contributed by atoms with van der Waals surface area (Å²) in [7, 11) is 1.32. The average Bonchev–Trinajstić information content (AvgIpc) is 2.29. The summed E-state index contributed by atoms with van der Waals surface area (Å²) >= 11 is 0. The Kier molecular flexibility index (Phi) is 5.25. The van der Waals surface area contributed by atoms with Gasteiger partial charge in [0, 0.05) is 6.42 Å². The second-order valence-electron chi connectivity index (χ2n) is 4.21. The van der Waals surface area contributed by atoms with E-state index in [4.69, 9.17) is 0 Å². The van der Waals surface area contributed by atoms with E-state index in [1.54, 1.807) is 6.92 Å². The molecule has 16 heavy (non-hydrogen) atoms. The third-order valence-electron chi connectivity index (χ3n) is 2.87. The minimum atomic E-state index is -0.556. The molecule has 0 radical (unpaired) electrons. The van der Waals surface area contributed by atoms with Crippen molar-refractivity contribution >= 4 is 11.9 Å². The summed E-state index contributed by atoms with van der Waals surface area (Å²) in [5.41, 5.74) is 0. The van der Waals surface area contributed by atoms with Crippen LogP contribution >= 0.6 is 0 Å². The fourth-order valence-electron chi connectivity index (χ4n) is 1.88. The molecule has 5 nitrogen and oxygen atoms in total. The number of carbonyl (C=O) groups is 2. The Bertz CT molecular complexity index is 250. The lowest BCUT2D eigenvalue weighted by atomic mass is 9.94. The summed E-state index contributed by atoms with van der Waals surface area (Å²) in [5, 5.41) is 5.89. The van der Waals surface area contributed by atoms with E-state index in [0.29, 0.717) is 12.3 Å². The molecule has 1 aliphatic heterocycles. The first-order valence-electron chi connectivity index (χ1n) is 5.71. The largest absolute Gasteiger partial charge is 0.467 e. The monoisotopic (exact) mass is 228 g/mol. The maximum Gasteiger partial charge on any atom is 0.328 e. The normalized spacial score (nSPS) is 18.9. The van der Waals surface area contributed by atoms with Gasteiger partial charge >= 0.3 is 5.97 Å². The smallest absolute Gasteiger partial charge is 0.328 e. The van der Waals surface area contributed by atoms with Crippen LogP contribution in [0.3, 0.4) is 0 Å². The van der Waals surface area contributed by atoms with Gasteiger partial charge in [-0.05, 0) is 38.8 Å². The summed E-state index contributed by atoms with van der Waals surface area (Å²) in [4.78, 5) is 22.7. The molecule has 0 aromatic rings. The number of carbonyl (C=O) groups excluding carboxylic acids is 2. The summed E-state index contributed by atoms with van der Waals surface area (Å²) in [6.07, 6.45) is 2.56. The maximum absolute atomic E-state index is 11.6. The lowest BCUT2D eigenvalue weighted by Gasteiger charge is -2.22. The van der Waals surface area contributed by atoms with Crippen molar-refractivity contribution in [1.29, 1.82) is 0 Å². The van der Waals surface area contributed by atoms with Gasteiger partial charge in [-0.3, -0.25) is 4.79 Å². The van der Waals surface area contributed by atoms with Crippen LogP contribution in [0.4, 0.5) is 0 Å². The van der Waals surface area contributed by atoms with Crippen LogP contribution in [-0.2, 0) is 14.3 Å². The van der Waals surface area contributed by atoms with Crippen molar-refractivity contribution in [2.45, 2.75) is 32.2 Å². The lowest BCUT2D eigenvalue weighted by Crippen LogP contribution is -2.40. The first-order valence-corrected chi connectivity index (χ1v) is 5.71. The van der Waals surface area contributed by atoms with Crippen molar-refractivity contribution in [3.63, 3.8) is 0 Å². The van der Waals surface area contributed by atoms with Crippen molar-refractivity contribution in [3.8, 4) is 0 Å². The Morgan fingerprint density at radius 2 is 2.06 bits per heavy atom. The second kappa shape index (κ2) is 6.48. The molecular formula is C11H20N2O3. The first-order chi connectivity index (χ1) is 7.63. The van der Waals surface area contributed by atoms with Gasteiger partial charge in [0.25, 0.3) is 0 Å². The number of hydrogen-bond acceptors (Lipinski definition) is 4. The summed E-state index contributed by atoms with van der Waals surface area (Å²) in [6, 6.07) is -0.556. The van der Waals surface area contributed by atoms with E-state index in [1.807, 2.05) is 0 Å². The van der Waals surface area contributed by atoms with Crippen molar-refractivity contribution in [3.05, 3.63) is 0 Å². The van der Waals surface area contributed by atoms with Crippen LogP contribution in [0.2, 0.25) is 0 Å². The molecule has 92 valence electrons. The predicted molar refractivity (Wildman–Crippen MR) is 59.8 cm³/mol. The second-order valence-corrected chi connectivity index (χ2v) is 4.21. The predicted octanol–water partition coefficient (Wildman–Crippen LogP) is 0.0538. The molecule has 0 aromatic carbocycles. The molecule has 1 atom stereocenters. The molecule has 1 rings (SSSR count). The Morgan fingerprint density at radius 1 is 1.44 bits per heavy atom. The molecule has 1 fully saturated rings. The molecule has 5 heteroatoms. The molecule has 1 heterocycles. The standard InChI is InChI=1S/C11H20N2O3/c1-8(11(15)16-2)13-10(14)7-9-3-5-12-6-4-9/h8-9,12H,3-7H2,1-2H3,(H,13,14)/t8-/m0/s1. The molecule has 1 saturated heterocycles. The molecule has 0 spiro atoms. The lowest BCUT2D eigenvalue weighted by molar-refractivity contribution is -0.144. The van der Waals surface area contributed by atoms with Crippen LogP contribution < -0.4 is 10.6 Å². The number of esters is 1. The third kappa shape index (κ3) is 4.18. The van der Waals surface area contributed by atoms with Crippen molar-refractivity contribution in [2.75, 3.05) is 20.2 Å². The molecule has 0 unspecified atom stereocenters. The maximum atomic E-state index is 11.6. The van der Waals surface area contributed by atoms with Crippen molar-refractivity contribution < 1.29 is 14.3 Å². The molecular weight excluding hydrogens is 208 g/mol. The molecule has 0 bridgehead atoms. The summed E-state index contributed by atoms with van der Waals surface area (Å²) in [6.45, 7) is 3.58. The zero-order valence-corrected chi connectivity index (χ0v) is 9.91. The van der Waals surface area contributed by atoms with E-state index >= 15 is 0 Å². The van der Waals surface area contributed by atoms with Gasteiger partial charge in [0.1, 0.15) is 6.04 Å². The number of hydrogen-bond donors (Lipinski definition) is 2. The highest BCUT2D eigenvalue weighted by Crippen LogP contribution is 2.15. The van der Waals surface area contributed by atoms with Crippen LogP contribution in [0, 0.1) is 5.92 Å². The minimum Gasteiger partial charge on any atom is -0.467 e. The van der Waals surface area contributed by atoms with Gasteiger partial charge in [-0.1, -0.05) is 0 Å². The van der Waals surface area contributed by atoms with Crippen LogP contribution in [0.25, 0.3) is 0 Å². The quantitative estimate of drug-likeness (QED) is 0.667. The number of nitrogens with one attached hydrogen (secondary N) is 2. The summed E-state index contributed by atoms with van der Waals surface area (Å²) < 4.78 is 4.54. The van der Waals surface area contributed by atoms with Crippen molar-refractivity contribution in [1.82, 2.24) is 10.6 Å². The van der Waals surface area contributed by atoms with E-state index in [1.165, 1.54) is 7.11 Å². The SMILES string of the molecule is COC(=O)[C@H](C)NC(=O)CC1CCNCC1. The highest BCUT2D eigenvalue weighted by Gasteiger charge is 2.20. The highest BCUT2D eigenvalue weighted by atomic mass is 16.5. The number of rotatable bonds is 4. The molecule has 1 aliphatic rings. The minimum absolute atomic E-state index is 0.0650. The van der Waals surface area contributed by atoms with E-state index in [0.717, 1.165) is 25.9 Å². The molecule has 0 aromatic heterocycles. The van der Waals surface area contributed by atoms with Crippen molar-refractivity contribution in [2.24, 2.45) is 5.92 Å². The summed E-state index contributed by atoms with van der Waals surface area (Å²) in [5.74, 6) is -0.0328. The van der Waals surface area contributed by atoms with E-state index in [9.17, 15) is 9.59 Å². The third-order valence-corrected chi connectivity index (χ3v) is 2.87. The Morgan fingerprint density at radius 3 is 2.62 bits per heavy atom. The van der Waals surface area contributed by atoms with Gasteiger partial charge < -0.3 is 15.4 Å². The highest BCUT2D eigenvalue weighted by molar-refractivity contribution is 5.84. The van der Waals surface area contributed by atoms with Crippen LogP contribution in [-0.4, -0.2) is 38.1 Å². The van der Waals surface area contributed by atoms with E-state index < -0.39 is 12.0 Å². The average molecular weight is 228 g/mol. The fourth-order valence-corrected chi connectivity index (χ4v) is 1.88. The van der Waals surface area contributed by atoms with Gasteiger partial charge in [-0.25, -0.2) is 4.79 Å². The van der Waals surface area contributed by atoms with Gasteiger partial charge in [-0.2, -0.15) is 0 Å². The van der Waals surface area contributed by atoms with Crippen LogP contribution in [0.15, 0.2) is 0 Å². The van der Waals surface area contributed by atoms with Gasteiger partial charge in [0.2, 0.25) is 5.91 Å². The van der Waals surface area contributed by atoms with E-state index in [-0.39, 0.29) is 5.91 Å². The molecule has 2 N–H and O–H groups in total. The first kappa shape index (κ1) is 13.0. The Labute approximate surface area is 95.9 Å². The molecule has 1 amide bonds. The number of amides is 1. The zero-order chi connectivity index (χ0) is 12.0. The fraction of sp³-hybridized carbons (Fsp3) is 0.818. The van der Waals surface area contributed by atoms with Gasteiger partial charge in [-0.15, -0.1) is 0 Å². The number of ether oxygens (including phenoxy) is 1. The van der Waals surface area contributed by atoms with Gasteiger partial charge in [0.05, 0.1) is 7.11 Å². The number of piperidine rings is 1. The topological polar surface area (TPSA) is 67.4 Å².